The molecule has 2 rings (SSSR count). The van der Waals surface area contributed by atoms with Crippen molar-refractivity contribution < 1.29 is 4.39 Å². The lowest BCUT2D eigenvalue weighted by Crippen LogP contribution is -2.29. The predicted octanol–water partition coefficient (Wildman–Crippen LogP) is 2.92. The predicted molar refractivity (Wildman–Crippen MR) is 69.8 cm³/mol. The third-order valence-electron chi connectivity index (χ3n) is 3.36. The summed E-state index contributed by atoms with van der Waals surface area (Å²) in [6.45, 7) is 4.91. The van der Waals surface area contributed by atoms with Crippen LogP contribution < -0.4 is 10.2 Å². The van der Waals surface area contributed by atoms with Crippen LogP contribution in [0.5, 0.6) is 0 Å². The second-order valence-corrected chi connectivity index (χ2v) is 5.11. The maximum Gasteiger partial charge on any atom is 0.146 e. The largest absolute Gasteiger partial charge is 0.370 e. The molecule has 1 aliphatic rings. The van der Waals surface area contributed by atoms with Gasteiger partial charge in [-0.2, -0.15) is 0 Å². The van der Waals surface area contributed by atoms with Gasteiger partial charge in [0.05, 0.1) is 5.69 Å². The monoisotopic (exact) mass is 236 g/mol. The lowest BCUT2D eigenvalue weighted by atomic mass is 10.1. The van der Waals surface area contributed by atoms with Crippen LogP contribution in [0.15, 0.2) is 18.2 Å². The number of anilines is 1. The second kappa shape index (κ2) is 5.05. The van der Waals surface area contributed by atoms with E-state index in [1.54, 1.807) is 6.07 Å². The van der Waals surface area contributed by atoms with E-state index in [0.29, 0.717) is 12.1 Å². The summed E-state index contributed by atoms with van der Waals surface area (Å²) in [5.41, 5.74) is 1.78. The SMILES string of the molecule is CC(C)N(C)c1c(F)cccc1CNC1CC1. The van der Waals surface area contributed by atoms with Crippen molar-refractivity contribution in [3.05, 3.63) is 29.6 Å². The molecule has 1 aromatic rings. The van der Waals surface area contributed by atoms with E-state index in [4.69, 9.17) is 0 Å². The molecule has 0 aromatic heterocycles. The van der Waals surface area contributed by atoms with Crippen molar-refractivity contribution in [3.8, 4) is 0 Å². The molecule has 0 bridgehead atoms. The highest BCUT2D eigenvalue weighted by Crippen LogP contribution is 2.26. The minimum Gasteiger partial charge on any atom is -0.370 e. The molecule has 0 amide bonds. The fourth-order valence-electron chi connectivity index (χ4n) is 1.90. The van der Waals surface area contributed by atoms with Gasteiger partial charge in [0.25, 0.3) is 0 Å². The van der Waals surface area contributed by atoms with E-state index in [9.17, 15) is 4.39 Å². The van der Waals surface area contributed by atoms with E-state index in [1.165, 1.54) is 18.9 Å². The van der Waals surface area contributed by atoms with Gasteiger partial charge in [-0.1, -0.05) is 12.1 Å². The van der Waals surface area contributed by atoms with Gasteiger partial charge in [0.1, 0.15) is 5.82 Å². The Bertz CT molecular complexity index is 386. The Morgan fingerprint density at radius 1 is 1.41 bits per heavy atom. The molecule has 0 saturated heterocycles. The highest BCUT2D eigenvalue weighted by molar-refractivity contribution is 5.55. The van der Waals surface area contributed by atoms with E-state index < -0.39 is 0 Å². The van der Waals surface area contributed by atoms with E-state index >= 15 is 0 Å². The number of nitrogens with zero attached hydrogens (tertiary/aromatic N) is 1. The number of nitrogens with one attached hydrogen (secondary N) is 1. The lowest BCUT2D eigenvalue weighted by molar-refractivity contribution is 0.604. The van der Waals surface area contributed by atoms with Crippen molar-refractivity contribution in [3.63, 3.8) is 0 Å². The zero-order chi connectivity index (χ0) is 12.4. The molecule has 0 radical (unpaired) electrons. The molecule has 0 atom stereocenters. The smallest absolute Gasteiger partial charge is 0.146 e. The summed E-state index contributed by atoms with van der Waals surface area (Å²) in [5.74, 6) is -0.128. The van der Waals surface area contributed by atoms with E-state index in [0.717, 1.165) is 17.8 Å². The number of hydrogen-bond donors (Lipinski definition) is 1. The molecule has 0 unspecified atom stereocenters. The van der Waals surface area contributed by atoms with Crippen LogP contribution >= 0.6 is 0 Å². The zero-order valence-electron chi connectivity index (χ0n) is 10.8. The second-order valence-electron chi connectivity index (χ2n) is 5.11. The zero-order valence-corrected chi connectivity index (χ0v) is 10.8. The Kier molecular flexibility index (Phi) is 3.67. The topological polar surface area (TPSA) is 15.3 Å². The fraction of sp³-hybridized carbons (Fsp3) is 0.571. The fourth-order valence-corrected chi connectivity index (χ4v) is 1.90. The van der Waals surface area contributed by atoms with Crippen molar-refractivity contribution in [1.29, 1.82) is 0 Å². The van der Waals surface area contributed by atoms with Gasteiger partial charge in [-0.3, -0.25) is 0 Å². The minimum atomic E-state index is -0.128. The van der Waals surface area contributed by atoms with Gasteiger partial charge >= 0.3 is 0 Å². The normalized spacial score (nSPS) is 15.4. The summed E-state index contributed by atoms with van der Waals surface area (Å²) in [7, 11) is 1.95. The van der Waals surface area contributed by atoms with E-state index in [1.807, 2.05) is 18.0 Å². The number of para-hydroxylation sites is 1. The summed E-state index contributed by atoms with van der Waals surface area (Å²) >= 11 is 0. The molecule has 0 spiro atoms. The average Bonchev–Trinajstić information content (AvgIpc) is 3.09. The van der Waals surface area contributed by atoms with Crippen LogP contribution in [-0.2, 0) is 6.54 Å². The Labute approximate surface area is 103 Å². The minimum absolute atomic E-state index is 0.128. The first-order valence-corrected chi connectivity index (χ1v) is 6.33. The third-order valence-corrected chi connectivity index (χ3v) is 3.36. The maximum absolute atomic E-state index is 13.9. The highest BCUT2D eigenvalue weighted by Gasteiger charge is 2.21. The van der Waals surface area contributed by atoms with Crippen molar-refractivity contribution in [2.75, 3.05) is 11.9 Å². The standard InChI is InChI=1S/C14H21FN2/c1-10(2)17(3)14-11(5-4-6-13(14)15)9-16-12-7-8-12/h4-6,10,12,16H,7-9H2,1-3H3. The van der Waals surface area contributed by atoms with Gasteiger partial charge in [0.2, 0.25) is 0 Å². The van der Waals surface area contributed by atoms with E-state index in [-0.39, 0.29) is 5.82 Å². The molecule has 1 saturated carbocycles. The van der Waals surface area contributed by atoms with Crippen LogP contribution in [0.3, 0.4) is 0 Å². The number of hydrogen-bond acceptors (Lipinski definition) is 2. The molecule has 1 aromatic carbocycles. The lowest BCUT2D eigenvalue weighted by Gasteiger charge is -2.27. The Hall–Kier alpha value is -1.09. The average molecular weight is 236 g/mol. The van der Waals surface area contributed by atoms with Crippen LogP contribution in [0, 0.1) is 5.82 Å². The molecule has 1 fully saturated rings. The van der Waals surface area contributed by atoms with Gasteiger partial charge < -0.3 is 10.2 Å². The molecule has 94 valence electrons. The molecule has 0 heterocycles. The first-order valence-electron chi connectivity index (χ1n) is 6.33. The van der Waals surface area contributed by atoms with E-state index in [2.05, 4.69) is 19.2 Å². The number of benzene rings is 1. The van der Waals surface area contributed by atoms with Crippen LogP contribution in [-0.4, -0.2) is 19.1 Å². The molecule has 1 N–H and O–H groups in total. The van der Waals surface area contributed by atoms with Gasteiger partial charge in [-0.05, 0) is 38.3 Å². The number of rotatable bonds is 5. The van der Waals surface area contributed by atoms with Crippen LogP contribution in [0.2, 0.25) is 0 Å². The van der Waals surface area contributed by atoms with Crippen LogP contribution in [0.4, 0.5) is 10.1 Å². The molecule has 2 nitrogen and oxygen atoms in total. The Morgan fingerprint density at radius 3 is 2.71 bits per heavy atom. The molecular weight excluding hydrogens is 215 g/mol. The number of halogens is 1. The maximum atomic E-state index is 13.9. The summed E-state index contributed by atoms with van der Waals surface area (Å²) in [6, 6.07) is 6.28. The summed E-state index contributed by atoms with van der Waals surface area (Å²) in [4.78, 5) is 2.00. The van der Waals surface area contributed by atoms with Crippen molar-refractivity contribution >= 4 is 5.69 Å². The highest BCUT2D eigenvalue weighted by atomic mass is 19.1. The molecule has 1 aliphatic carbocycles. The van der Waals surface area contributed by atoms with Crippen LogP contribution in [0.1, 0.15) is 32.3 Å². The van der Waals surface area contributed by atoms with Gasteiger partial charge in [0, 0.05) is 25.7 Å². The van der Waals surface area contributed by atoms with Crippen LogP contribution in [0.25, 0.3) is 0 Å². The molecular formula is C14H21FN2. The van der Waals surface area contributed by atoms with Gasteiger partial charge in [-0.15, -0.1) is 0 Å². The summed E-state index contributed by atoms with van der Waals surface area (Å²) < 4.78 is 13.9. The Morgan fingerprint density at radius 2 is 2.12 bits per heavy atom. The van der Waals surface area contributed by atoms with Gasteiger partial charge in [-0.25, -0.2) is 4.39 Å². The van der Waals surface area contributed by atoms with Crippen molar-refractivity contribution in [1.82, 2.24) is 5.32 Å². The first-order chi connectivity index (χ1) is 8.09. The summed E-state index contributed by atoms with van der Waals surface area (Å²) in [6.07, 6.45) is 2.51. The van der Waals surface area contributed by atoms with Crippen molar-refractivity contribution in [2.24, 2.45) is 0 Å². The quantitative estimate of drug-likeness (QED) is 0.845. The Balaban J connectivity index is 2.19. The third kappa shape index (κ3) is 2.97. The summed E-state index contributed by atoms with van der Waals surface area (Å²) in [5, 5.41) is 3.44. The molecule has 3 heteroatoms. The van der Waals surface area contributed by atoms with Gasteiger partial charge in [0.15, 0.2) is 0 Å². The van der Waals surface area contributed by atoms with Crippen molar-refractivity contribution in [2.45, 2.75) is 45.3 Å². The molecule has 0 aliphatic heterocycles. The first kappa shape index (κ1) is 12.4. The molecule has 17 heavy (non-hydrogen) atoms.